The predicted octanol–water partition coefficient (Wildman–Crippen LogP) is 3.21. The molecule has 1 aromatic carbocycles. The van der Waals surface area contributed by atoms with Gasteiger partial charge in [0.2, 0.25) is 0 Å². The molecule has 1 aromatic rings. The minimum atomic E-state index is -0.0736. The first-order chi connectivity index (χ1) is 7.74. The van der Waals surface area contributed by atoms with E-state index in [9.17, 15) is 4.79 Å². The van der Waals surface area contributed by atoms with Gasteiger partial charge < -0.3 is 4.74 Å². The van der Waals surface area contributed by atoms with E-state index < -0.39 is 0 Å². The molecule has 1 rings (SSSR count). The van der Waals surface area contributed by atoms with E-state index in [1.807, 2.05) is 32.0 Å². The van der Waals surface area contributed by atoms with Gasteiger partial charge >= 0.3 is 5.97 Å². The summed E-state index contributed by atoms with van der Waals surface area (Å²) in [6, 6.07) is 10.3. The number of aryl methyl sites for hydroxylation is 1. The first kappa shape index (κ1) is 12.8. The molecule has 0 aromatic heterocycles. The number of carbonyl (C=O) groups is 1. The third kappa shape index (κ3) is 4.47. The first-order valence-electron chi connectivity index (χ1n) is 5.94. The Morgan fingerprint density at radius 2 is 2.00 bits per heavy atom. The Morgan fingerprint density at radius 1 is 1.31 bits per heavy atom. The standard InChI is InChI=1S/C14H20O2/c1-3-12(2)14(15)16-11-7-10-13-8-5-4-6-9-13/h4-6,8-9,12H,3,7,10-11H2,1-2H3/t12-/m0/s1. The van der Waals surface area contributed by atoms with Gasteiger partial charge in [0, 0.05) is 0 Å². The molecule has 0 spiro atoms. The van der Waals surface area contributed by atoms with Gasteiger partial charge in [-0.15, -0.1) is 0 Å². The number of rotatable bonds is 6. The topological polar surface area (TPSA) is 26.3 Å². The Bertz CT molecular complexity index is 306. The molecule has 0 radical (unpaired) electrons. The predicted molar refractivity (Wildman–Crippen MR) is 65.2 cm³/mol. The fourth-order valence-electron chi connectivity index (χ4n) is 1.40. The van der Waals surface area contributed by atoms with Crippen LogP contribution in [0.2, 0.25) is 0 Å². The van der Waals surface area contributed by atoms with Crippen molar-refractivity contribution in [1.82, 2.24) is 0 Å². The van der Waals surface area contributed by atoms with E-state index >= 15 is 0 Å². The van der Waals surface area contributed by atoms with Crippen LogP contribution in [0.15, 0.2) is 30.3 Å². The highest BCUT2D eigenvalue weighted by Gasteiger charge is 2.10. The van der Waals surface area contributed by atoms with E-state index in [2.05, 4.69) is 12.1 Å². The van der Waals surface area contributed by atoms with Crippen LogP contribution in [0.1, 0.15) is 32.3 Å². The maximum atomic E-state index is 11.4. The molecule has 2 heteroatoms. The van der Waals surface area contributed by atoms with E-state index in [4.69, 9.17) is 4.74 Å². The number of hydrogen-bond acceptors (Lipinski definition) is 2. The molecule has 0 saturated heterocycles. The molecule has 0 N–H and O–H groups in total. The van der Waals surface area contributed by atoms with Gasteiger partial charge in [-0.1, -0.05) is 44.2 Å². The Kier molecular flexibility index (Phi) is 5.62. The number of benzene rings is 1. The van der Waals surface area contributed by atoms with Gasteiger partial charge in [-0.25, -0.2) is 0 Å². The Morgan fingerprint density at radius 3 is 2.62 bits per heavy atom. The van der Waals surface area contributed by atoms with Crippen LogP contribution in [-0.4, -0.2) is 12.6 Å². The fourth-order valence-corrected chi connectivity index (χ4v) is 1.40. The van der Waals surface area contributed by atoms with E-state index in [1.54, 1.807) is 0 Å². The molecule has 2 nitrogen and oxygen atoms in total. The molecule has 1 atom stereocenters. The van der Waals surface area contributed by atoms with Crippen LogP contribution in [0.25, 0.3) is 0 Å². The lowest BCUT2D eigenvalue weighted by molar-refractivity contribution is -0.148. The summed E-state index contributed by atoms with van der Waals surface area (Å²) in [6.07, 6.45) is 2.71. The van der Waals surface area contributed by atoms with Crippen LogP contribution in [0, 0.1) is 5.92 Å². The third-order valence-electron chi connectivity index (χ3n) is 2.71. The molecule has 0 aliphatic heterocycles. The molecular formula is C14H20O2. The van der Waals surface area contributed by atoms with Crippen molar-refractivity contribution >= 4 is 5.97 Å². The summed E-state index contributed by atoms with van der Waals surface area (Å²) in [4.78, 5) is 11.4. The first-order valence-corrected chi connectivity index (χ1v) is 5.94. The molecule has 0 bridgehead atoms. The average molecular weight is 220 g/mol. The van der Waals surface area contributed by atoms with Gasteiger partial charge in [0.15, 0.2) is 0 Å². The minimum absolute atomic E-state index is 0.0247. The summed E-state index contributed by atoms with van der Waals surface area (Å²) < 4.78 is 5.18. The molecule has 0 aliphatic rings. The molecule has 0 saturated carbocycles. The van der Waals surface area contributed by atoms with Gasteiger partial charge in [0.25, 0.3) is 0 Å². The highest BCUT2D eigenvalue weighted by molar-refractivity contribution is 5.71. The molecule has 0 unspecified atom stereocenters. The monoisotopic (exact) mass is 220 g/mol. The number of ether oxygens (including phenoxy) is 1. The van der Waals surface area contributed by atoms with Crippen LogP contribution < -0.4 is 0 Å². The second-order valence-corrected chi connectivity index (χ2v) is 4.07. The molecule has 16 heavy (non-hydrogen) atoms. The highest BCUT2D eigenvalue weighted by atomic mass is 16.5. The number of esters is 1. The van der Waals surface area contributed by atoms with Gasteiger partial charge in [-0.3, -0.25) is 4.79 Å². The van der Waals surface area contributed by atoms with Crippen molar-refractivity contribution in [2.45, 2.75) is 33.1 Å². The quantitative estimate of drug-likeness (QED) is 0.543. The lowest BCUT2D eigenvalue weighted by atomic mass is 10.1. The minimum Gasteiger partial charge on any atom is -0.465 e. The third-order valence-corrected chi connectivity index (χ3v) is 2.71. The van der Waals surface area contributed by atoms with Crippen molar-refractivity contribution < 1.29 is 9.53 Å². The lowest BCUT2D eigenvalue weighted by Gasteiger charge is -2.08. The second kappa shape index (κ2) is 7.04. The Hall–Kier alpha value is -1.31. The molecule has 0 aliphatic carbocycles. The largest absolute Gasteiger partial charge is 0.465 e. The molecule has 88 valence electrons. The normalized spacial score (nSPS) is 12.1. The van der Waals surface area contributed by atoms with Crippen LogP contribution in [-0.2, 0) is 16.0 Å². The highest BCUT2D eigenvalue weighted by Crippen LogP contribution is 2.05. The van der Waals surface area contributed by atoms with Crippen molar-refractivity contribution in [2.24, 2.45) is 5.92 Å². The number of hydrogen-bond donors (Lipinski definition) is 0. The van der Waals surface area contributed by atoms with Crippen LogP contribution in [0.5, 0.6) is 0 Å². The maximum Gasteiger partial charge on any atom is 0.308 e. The Balaban J connectivity index is 2.15. The van der Waals surface area contributed by atoms with Crippen molar-refractivity contribution in [1.29, 1.82) is 0 Å². The summed E-state index contributed by atoms with van der Waals surface area (Å²) in [5.74, 6) is -0.0488. The summed E-state index contributed by atoms with van der Waals surface area (Å²) in [6.45, 7) is 4.42. The van der Waals surface area contributed by atoms with Crippen molar-refractivity contribution in [3.05, 3.63) is 35.9 Å². The van der Waals surface area contributed by atoms with Gasteiger partial charge in [-0.05, 0) is 24.8 Å². The fraction of sp³-hybridized carbons (Fsp3) is 0.500. The van der Waals surface area contributed by atoms with E-state index in [0.717, 1.165) is 19.3 Å². The Labute approximate surface area is 97.6 Å². The van der Waals surface area contributed by atoms with Gasteiger partial charge in [0.05, 0.1) is 12.5 Å². The van der Waals surface area contributed by atoms with E-state index in [0.29, 0.717) is 6.61 Å². The zero-order chi connectivity index (χ0) is 11.8. The number of carbonyl (C=O) groups excluding carboxylic acids is 1. The van der Waals surface area contributed by atoms with Crippen LogP contribution in [0.4, 0.5) is 0 Å². The average Bonchev–Trinajstić information content (AvgIpc) is 2.34. The van der Waals surface area contributed by atoms with Crippen molar-refractivity contribution in [2.75, 3.05) is 6.61 Å². The lowest BCUT2D eigenvalue weighted by Crippen LogP contribution is -2.14. The summed E-state index contributed by atoms with van der Waals surface area (Å²) >= 11 is 0. The molecule has 0 heterocycles. The van der Waals surface area contributed by atoms with Crippen LogP contribution in [0.3, 0.4) is 0 Å². The smallest absolute Gasteiger partial charge is 0.308 e. The van der Waals surface area contributed by atoms with Crippen molar-refractivity contribution in [3.8, 4) is 0 Å². The summed E-state index contributed by atoms with van der Waals surface area (Å²) in [7, 11) is 0. The van der Waals surface area contributed by atoms with Crippen molar-refractivity contribution in [3.63, 3.8) is 0 Å². The van der Waals surface area contributed by atoms with E-state index in [1.165, 1.54) is 5.56 Å². The SMILES string of the molecule is CC[C@H](C)C(=O)OCCCc1ccccc1. The maximum absolute atomic E-state index is 11.4. The van der Waals surface area contributed by atoms with Gasteiger partial charge in [0.1, 0.15) is 0 Å². The molecule has 0 amide bonds. The van der Waals surface area contributed by atoms with E-state index in [-0.39, 0.29) is 11.9 Å². The molecule has 0 fully saturated rings. The van der Waals surface area contributed by atoms with Gasteiger partial charge in [-0.2, -0.15) is 0 Å². The summed E-state index contributed by atoms with van der Waals surface area (Å²) in [5.41, 5.74) is 1.29. The second-order valence-electron chi connectivity index (χ2n) is 4.07. The molecular weight excluding hydrogens is 200 g/mol. The summed E-state index contributed by atoms with van der Waals surface area (Å²) in [5, 5.41) is 0. The zero-order valence-electron chi connectivity index (χ0n) is 10.1. The zero-order valence-corrected chi connectivity index (χ0v) is 10.1. The van der Waals surface area contributed by atoms with Crippen LogP contribution >= 0.6 is 0 Å².